The van der Waals surface area contributed by atoms with Crippen LogP contribution in [0.25, 0.3) is 0 Å². The number of hydrogen-bond acceptors (Lipinski definition) is 2. The van der Waals surface area contributed by atoms with E-state index in [2.05, 4.69) is 18.3 Å². The summed E-state index contributed by atoms with van der Waals surface area (Å²) in [7, 11) is 0.963. The van der Waals surface area contributed by atoms with Crippen molar-refractivity contribution < 1.29 is 0 Å². The second kappa shape index (κ2) is 9.44. The molecule has 0 radical (unpaired) electrons. The Balaban J connectivity index is 3.26. The summed E-state index contributed by atoms with van der Waals surface area (Å²) in [6, 6.07) is 0. The Labute approximate surface area is 78.7 Å². The van der Waals surface area contributed by atoms with Crippen LogP contribution in [0.4, 0.5) is 0 Å². The molecule has 1 unspecified atom stereocenters. The van der Waals surface area contributed by atoms with Crippen molar-refractivity contribution in [1.29, 1.82) is 0 Å². The largest absolute Gasteiger partial charge is 0.330 e. The molecule has 0 aromatic heterocycles. The minimum atomic E-state index is 0.842. The topological polar surface area (TPSA) is 29.3 Å². The van der Waals surface area contributed by atoms with E-state index >= 15 is 0 Å². The fourth-order valence-corrected chi connectivity index (χ4v) is 1.89. The molecule has 0 amide bonds. The molecule has 0 aromatic rings. The van der Waals surface area contributed by atoms with Crippen molar-refractivity contribution in [2.75, 3.05) is 26.3 Å². The van der Waals surface area contributed by atoms with Crippen molar-refractivity contribution >= 4 is 8.73 Å². The zero-order chi connectivity index (χ0) is 9.23. The zero-order valence-electron chi connectivity index (χ0n) is 8.47. The quantitative estimate of drug-likeness (QED) is 0.469. The average Bonchev–Trinajstić information content (AvgIpc) is 2.11. The van der Waals surface area contributed by atoms with Crippen molar-refractivity contribution in [3.8, 4) is 0 Å². The van der Waals surface area contributed by atoms with Crippen molar-refractivity contribution in [2.24, 2.45) is 5.73 Å². The Morgan fingerprint density at radius 2 is 1.83 bits per heavy atom. The van der Waals surface area contributed by atoms with Gasteiger partial charge in [-0.25, -0.2) is 0 Å². The summed E-state index contributed by atoms with van der Waals surface area (Å²) in [4.78, 5) is 0. The molecule has 0 aliphatic rings. The number of hydrogen-bond donors (Lipinski definition) is 1. The molecule has 0 fully saturated rings. The predicted molar refractivity (Wildman–Crippen MR) is 59.0 cm³/mol. The molecule has 12 heavy (non-hydrogen) atoms. The van der Waals surface area contributed by atoms with Gasteiger partial charge in [0.15, 0.2) is 0 Å². The van der Waals surface area contributed by atoms with Gasteiger partial charge in [-0.05, 0) is 32.5 Å². The Morgan fingerprint density at radius 3 is 2.33 bits per heavy atom. The van der Waals surface area contributed by atoms with Gasteiger partial charge in [0.1, 0.15) is 0 Å². The third-order valence-electron chi connectivity index (χ3n) is 1.98. The standard InChI is InChI=1S/C9H23N2P/c1-3-4-8-11(12-2)9-6-5-7-10/h12H,3-10H2,1-2H3. The molecule has 2 nitrogen and oxygen atoms in total. The molecular formula is C9H23N2P. The minimum absolute atomic E-state index is 0.842. The van der Waals surface area contributed by atoms with Gasteiger partial charge in [0.25, 0.3) is 0 Å². The molecule has 2 N–H and O–H groups in total. The smallest absolute Gasteiger partial charge is 0.00190 e. The highest BCUT2D eigenvalue weighted by atomic mass is 31.1. The number of nitrogens with zero attached hydrogens (tertiary/aromatic N) is 1. The first-order chi connectivity index (χ1) is 5.85. The SMILES string of the molecule is CCCCN(CCCCN)PC. The van der Waals surface area contributed by atoms with Crippen LogP contribution in [0.15, 0.2) is 0 Å². The van der Waals surface area contributed by atoms with Crippen molar-refractivity contribution in [1.82, 2.24) is 4.67 Å². The normalized spacial score (nSPS) is 12.0. The van der Waals surface area contributed by atoms with Crippen molar-refractivity contribution in [2.45, 2.75) is 32.6 Å². The molecule has 0 saturated carbocycles. The summed E-state index contributed by atoms with van der Waals surface area (Å²) in [5.41, 5.74) is 5.44. The van der Waals surface area contributed by atoms with Gasteiger partial charge in [0, 0.05) is 13.1 Å². The van der Waals surface area contributed by atoms with Crippen molar-refractivity contribution in [3.05, 3.63) is 0 Å². The fourth-order valence-electron chi connectivity index (χ4n) is 1.13. The van der Waals surface area contributed by atoms with Crippen LogP contribution >= 0.6 is 8.73 Å². The highest BCUT2D eigenvalue weighted by Gasteiger charge is 1.99. The molecule has 74 valence electrons. The van der Waals surface area contributed by atoms with Gasteiger partial charge in [-0.15, -0.1) is 0 Å². The lowest BCUT2D eigenvalue weighted by atomic mass is 10.3. The highest BCUT2D eigenvalue weighted by Crippen LogP contribution is 2.14. The molecule has 0 aromatic carbocycles. The van der Waals surface area contributed by atoms with Crippen LogP contribution in [-0.2, 0) is 0 Å². The lowest BCUT2D eigenvalue weighted by Gasteiger charge is -2.19. The van der Waals surface area contributed by atoms with Gasteiger partial charge < -0.3 is 5.73 Å². The van der Waals surface area contributed by atoms with E-state index in [-0.39, 0.29) is 0 Å². The number of rotatable bonds is 8. The number of nitrogens with two attached hydrogens (primary N) is 1. The van der Waals surface area contributed by atoms with Gasteiger partial charge in [0.05, 0.1) is 0 Å². The van der Waals surface area contributed by atoms with E-state index in [9.17, 15) is 0 Å². The fraction of sp³-hybridized carbons (Fsp3) is 1.00. The summed E-state index contributed by atoms with van der Waals surface area (Å²) in [5.74, 6) is 0. The van der Waals surface area contributed by atoms with Crippen LogP contribution in [0.1, 0.15) is 32.6 Å². The van der Waals surface area contributed by atoms with Crippen LogP contribution in [0.3, 0.4) is 0 Å². The Bertz CT molecular complexity index is 88.6. The second-order valence-corrected chi connectivity index (χ2v) is 4.14. The first-order valence-corrected chi connectivity index (χ1v) is 6.42. The van der Waals surface area contributed by atoms with Crippen LogP contribution in [0, 0.1) is 0 Å². The van der Waals surface area contributed by atoms with E-state index in [4.69, 9.17) is 5.73 Å². The molecule has 0 bridgehead atoms. The Morgan fingerprint density at radius 1 is 1.17 bits per heavy atom. The van der Waals surface area contributed by atoms with Crippen LogP contribution in [-0.4, -0.2) is 31.0 Å². The lowest BCUT2D eigenvalue weighted by molar-refractivity contribution is 0.436. The lowest BCUT2D eigenvalue weighted by Crippen LogP contribution is -2.17. The molecule has 0 spiro atoms. The molecule has 3 heteroatoms. The van der Waals surface area contributed by atoms with Crippen LogP contribution in [0.5, 0.6) is 0 Å². The van der Waals surface area contributed by atoms with Gasteiger partial charge in [-0.1, -0.05) is 22.1 Å². The highest BCUT2D eigenvalue weighted by molar-refractivity contribution is 7.34. The monoisotopic (exact) mass is 190 g/mol. The summed E-state index contributed by atoms with van der Waals surface area (Å²) in [6.07, 6.45) is 5.08. The van der Waals surface area contributed by atoms with Gasteiger partial charge in [-0.3, -0.25) is 4.67 Å². The van der Waals surface area contributed by atoms with E-state index in [1.807, 2.05) is 0 Å². The molecule has 0 aliphatic carbocycles. The maximum atomic E-state index is 5.44. The molecule has 0 heterocycles. The molecule has 0 aliphatic heterocycles. The summed E-state index contributed by atoms with van der Waals surface area (Å²) < 4.78 is 2.54. The van der Waals surface area contributed by atoms with Crippen LogP contribution in [0.2, 0.25) is 0 Å². The van der Waals surface area contributed by atoms with Gasteiger partial charge in [0.2, 0.25) is 0 Å². The minimum Gasteiger partial charge on any atom is -0.330 e. The van der Waals surface area contributed by atoms with E-state index in [1.165, 1.54) is 38.8 Å². The first kappa shape index (κ1) is 12.3. The Hall–Kier alpha value is 0.350. The molecule has 0 rings (SSSR count). The van der Waals surface area contributed by atoms with Crippen LogP contribution < -0.4 is 5.73 Å². The van der Waals surface area contributed by atoms with E-state index in [1.54, 1.807) is 0 Å². The average molecular weight is 190 g/mol. The maximum absolute atomic E-state index is 5.44. The summed E-state index contributed by atoms with van der Waals surface area (Å²) in [6.45, 7) is 7.87. The van der Waals surface area contributed by atoms with E-state index in [0.29, 0.717) is 0 Å². The Kier molecular flexibility index (Phi) is 9.71. The third kappa shape index (κ3) is 7.02. The number of unbranched alkanes of at least 4 members (excludes halogenated alkanes) is 2. The predicted octanol–water partition coefficient (Wildman–Crippen LogP) is 2.05. The summed E-state index contributed by atoms with van der Waals surface area (Å²) >= 11 is 0. The third-order valence-corrected chi connectivity index (χ3v) is 3.06. The zero-order valence-corrected chi connectivity index (χ0v) is 9.47. The first-order valence-electron chi connectivity index (χ1n) is 4.97. The second-order valence-electron chi connectivity index (χ2n) is 3.06. The van der Waals surface area contributed by atoms with E-state index in [0.717, 1.165) is 15.3 Å². The molecule has 1 atom stereocenters. The van der Waals surface area contributed by atoms with Gasteiger partial charge in [-0.2, -0.15) is 0 Å². The summed E-state index contributed by atoms with van der Waals surface area (Å²) in [5, 5.41) is 0. The van der Waals surface area contributed by atoms with Crippen molar-refractivity contribution in [3.63, 3.8) is 0 Å². The van der Waals surface area contributed by atoms with E-state index < -0.39 is 0 Å². The molecule has 0 saturated heterocycles. The maximum Gasteiger partial charge on any atom is 0.00190 e. The van der Waals surface area contributed by atoms with Gasteiger partial charge >= 0.3 is 0 Å². The molecular weight excluding hydrogens is 167 g/mol.